The average molecular weight is 298 g/mol. The van der Waals surface area contributed by atoms with E-state index in [1.165, 1.54) is 0 Å². The van der Waals surface area contributed by atoms with Crippen LogP contribution in [-0.2, 0) is 0 Å². The fourth-order valence-corrected chi connectivity index (χ4v) is 2.39. The number of aromatic nitrogens is 2. The first-order valence-electron chi connectivity index (χ1n) is 6.40. The summed E-state index contributed by atoms with van der Waals surface area (Å²) >= 11 is 0. The molecule has 0 amide bonds. The molecule has 106 valence electrons. The number of anilines is 1. The van der Waals surface area contributed by atoms with Crippen molar-refractivity contribution >= 4 is 28.1 Å². The van der Waals surface area contributed by atoms with Crippen molar-refractivity contribution in [3.05, 3.63) is 23.5 Å². The molecule has 1 aromatic carbocycles. The standard InChI is InChI=1S/C15H6N8/c1-23-12-3-2-8-14(21-10(5-17)9(4-16)20-8)15(12)22-11(6-18)13(23)7-19/h2-3,13H,1H3. The van der Waals surface area contributed by atoms with E-state index >= 15 is 0 Å². The van der Waals surface area contributed by atoms with E-state index in [0.29, 0.717) is 22.4 Å². The second-order valence-electron chi connectivity index (χ2n) is 4.70. The highest BCUT2D eigenvalue weighted by Crippen LogP contribution is 2.38. The van der Waals surface area contributed by atoms with E-state index in [1.807, 2.05) is 24.3 Å². The Labute approximate surface area is 130 Å². The smallest absolute Gasteiger partial charge is 0.177 e. The summed E-state index contributed by atoms with van der Waals surface area (Å²) < 4.78 is 0. The highest BCUT2D eigenvalue weighted by molar-refractivity contribution is 6.13. The van der Waals surface area contributed by atoms with Gasteiger partial charge in [-0.1, -0.05) is 0 Å². The predicted molar refractivity (Wildman–Crippen MR) is 79.5 cm³/mol. The lowest BCUT2D eigenvalue weighted by atomic mass is 10.1. The van der Waals surface area contributed by atoms with Gasteiger partial charge >= 0.3 is 0 Å². The van der Waals surface area contributed by atoms with Crippen LogP contribution >= 0.6 is 0 Å². The summed E-state index contributed by atoms with van der Waals surface area (Å²) in [6.07, 6.45) is 0. The lowest BCUT2D eigenvalue weighted by molar-refractivity contribution is 0.927. The Balaban J connectivity index is 2.40. The minimum atomic E-state index is -0.785. The van der Waals surface area contributed by atoms with E-state index in [0.717, 1.165) is 0 Å². The van der Waals surface area contributed by atoms with Crippen molar-refractivity contribution < 1.29 is 0 Å². The molecule has 1 aliphatic rings. The first kappa shape index (κ1) is 13.9. The third-order valence-corrected chi connectivity index (χ3v) is 3.50. The van der Waals surface area contributed by atoms with Crippen molar-refractivity contribution in [3.8, 4) is 24.3 Å². The fraction of sp³-hybridized carbons (Fsp3) is 0.133. The van der Waals surface area contributed by atoms with Crippen molar-refractivity contribution in [1.82, 2.24) is 9.97 Å². The Morgan fingerprint density at radius 3 is 2.30 bits per heavy atom. The van der Waals surface area contributed by atoms with Gasteiger partial charge in [-0.25, -0.2) is 15.0 Å². The molecule has 1 aromatic heterocycles. The first-order chi connectivity index (χ1) is 11.1. The number of nitriles is 4. The van der Waals surface area contributed by atoms with E-state index in [4.69, 9.17) is 10.5 Å². The molecule has 0 N–H and O–H groups in total. The molecular weight excluding hydrogens is 292 g/mol. The number of rotatable bonds is 0. The number of hydrogen-bond donors (Lipinski definition) is 0. The lowest BCUT2D eigenvalue weighted by Crippen LogP contribution is -2.39. The summed E-state index contributed by atoms with van der Waals surface area (Å²) in [6, 6.07) is 10.1. The van der Waals surface area contributed by atoms with Crippen LogP contribution in [-0.4, -0.2) is 28.8 Å². The number of aliphatic imine (C=N–C) groups is 1. The second-order valence-corrected chi connectivity index (χ2v) is 4.70. The summed E-state index contributed by atoms with van der Waals surface area (Å²) in [6.45, 7) is 0. The zero-order valence-corrected chi connectivity index (χ0v) is 11.8. The van der Waals surface area contributed by atoms with Crippen LogP contribution in [0.25, 0.3) is 11.0 Å². The third kappa shape index (κ3) is 1.92. The van der Waals surface area contributed by atoms with Crippen molar-refractivity contribution in [3.63, 3.8) is 0 Å². The summed E-state index contributed by atoms with van der Waals surface area (Å²) in [5.41, 5.74) is 1.54. The molecule has 0 aliphatic carbocycles. The maximum Gasteiger partial charge on any atom is 0.177 e. The van der Waals surface area contributed by atoms with Crippen LogP contribution in [0.4, 0.5) is 11.4 Å². The largest absolute Gasteiger partial charge is 0.352 e. The Kier molecular flexibility index (Phi) is 3.08. The van der Waals surface area contributed by atoms with Gasteiger partial charge < -0.3 is 4.90 Å². The quantitative estimate of drug-likeness (QED) is 0.714. The molecule has 8 heteroatoms. The van der Waals surface area contributed by atoms with E-state index in [2.05, 4.69) is 15.0 Å². The molecule has 2 heterocycles. The normalized spacial score (nSPS) is 15.6. The van der Waals surface area contributed by atoms with Gasteiger partial charge in [0, 0.05) is 7.05 Å². The van der Waals surface area contributed by atoms with E-state index in [9.17, 15) is 10.5 Å². The zero-order valence-electron chi connectivity index (χ0n) is 11.8. The SMILES string of the molecule is CN1c2ccc3nc(C#N)c(C#N)nc3c2N=C(C#N)C1C#N. The van der Waals surface area contributed by atoms with E-state index < -0.39 is 6.04 Å². The molecule has 1 aliphatic heterocycles. The van der Waals surface area contributed by atoms with Gasteiger partial charge in [0.05, 0.1) is 17.3 Å². The summed E-state index contributed by atoms with van der Waals surface area (Å²) in [5, 5.41) is 36.5. The van der Waals surface area contributed by atoms with Crippen LogP contribution in [0, 0.1) is 45.3 Å². The van der Waals surface area contributed by atoms with Gasteiger partial charge in [-0.3, -0.25) is 0 Å². The number of benzene rings is 1. The highest BCUT2D eigenvalue weighted by atomic mass is 15.2. The molecule has 23 heavy (non-hydrogen) atoms. The van der Waals surface area contributed by atoms with Gasteiger partial charge in [0.15, 0.2) is 23.1 Å². The van der Waals surface area contributed by atoms with E-state index in [-0.39, 0.29) is 17.1 Å². The molecule has 0 fully saturated rings. The molecule has 0 spiro atoms. The predicted octanol–water partition coefficient (Wildman–Crippen LogP) is 1.31. The van der Waals surface area contributed by atoms with Crippen molar-refractivity contribution in [2.75, 3.05) is 11.9 Å². The van der Waals surface area contributed by atoms with Crippen molar-refractivity contribution in [2.24, 2.45) is 4.99 Å². The number of nitrogens with zero attached hydrogens (tertiary/aromatic N) is 8. The van der Waals surface area contributed by atoms with Crippen LogP contribution in [0.3, 0.4) is 0 Å². The van der Waals surface area contributed by atoms with Crippen LogP contribution < -0.4 is 4.90 Å². The topological polar surface area (TPSA) is 137 Å². The monoisotopic (exact) mass is 298 g/mol. The van der Waals surface area contributed by atoms with Gasteiger partial charge in [-0.05, 0) is 12.1 Å². The molecule has 1 atom stereocenters. The zero-order chi connectivity index (χ0) is 16.6. The summed E-state index contributed by atoms with van der Waals surface area (Å²) in [4.78, 5) is 14.1. The highest BCUT2D eigenvalue weighted by Gasteiger charge is 2.29. The Bertz CT molecular complexity index is 1040. The van der Waals surface area contributed by atoms with Crippen LogP contribution in [0.1, 0.15) is 11.4 Å². The lowest BCUT2D eigenvalue weighted by Gasteiger charge is -2.29. The van der Waals surface area contributed by atoms with Gasteiger partial charge in [0.1, 0.15) is 29.4 Å². The summed E-state index contributed by atoms with van der Waals surface area (Å²) in [7, 11) is 1.67. The fourth-order valence-electron chi connectivity index (χ4n) is 2.39. The van der Waals surface area contributed by atoms with Gasteiger partial charge in [0.25, 0.3) is 0 Å². The van der Waals surface area contributed by atoms with Crippen LogP contribution in [0.15, 0.2) is 17.1 Å². The molecule has 0 bridgehead atoms. The number of hydrogen-bond acceptors (Lipinski definition) is 8. The second kappa shape index (κ2) is 5.07. The molecule has 0 saturated heterocycles. The molecule has 3 rings (SSSR count). The molecule has 2 aromatic rings. The number of fused-ring (bicyclic) bond motifs is 3. The first-order valence-corrected chi connectivity index (χ1v) is 6.40. The molecule has 1 unspecified atom stereocenters. The minimum Gasteiger partial charge on any atom is -0.352 e. The molecule has 0 radical (unpaired) electrons. The Morgan fingerprint density at radius 1 is 1.00 bits per heavy atom. The average Bonchev–Trinajstić information content (AvgIpc) is 2.59. The summed E-state index contributed by atoms with van der Waals surface area (Å²) in [5.74, 6) is 0. The van der Waals surface area contributed by atoms with Gasteiger partial charge in [-0.15, -0.1) is 0 Å². The van der Waals surface area contributed by atoms with Crippen molar-refractivity contribution in [2.45, 2.75) is 6.04 Å². The van der Waals surface area contributed by atoms with Crippen molar-refractivity contribution in [1.29, 1.82) is 21.0 Å². The van der Waals surface area contributed by atoms with E-state index in [1.54, 1.807) is 24.1 Å². The third-order valence-electron chi connectivity index (χ3n) is 3.50. The minimum absolute atomic E-state index is 0.0414. The molecule has 8 nitrogen and oxygen atoms in total. The molecule has 0 saturated carbocycles. The maximum atomic E-state index is 9.22. The maximum absolute atomic E-state index is 9.22. The van der Waals surface area contributed by atoms with Gasteiger partial charge in [0.2, 0.25) is 0 Å². The molecular formula is C15H6N8. The Morgan fingerprint density at radius 2 is 1.70 bits per heavy atom. The Hall–Kier alpha value is -4.01. The van der Waals surface area contributed by atoms with Crippen LogP contribution in [0.5, 0.6) is 0 Å². The van der Waals surface area contributed by atoms with Gasteiger partial charge in [-0.2, -0.15) is 21.0 Å². The van der Waals surface area contributed by atoms with Crippen LogP contribution in [0.2, 0.25) is 0 Å².